The molecule has 0 fully saturated rings. The van der Waals surface area contributed by atoms with Gasteiger partial charge in [0, 0.05) is 17.5 Å². The van der Waals surface area contributed by atoms with E-state index in [1.54, 1.807) is 0 Å². The van der Waals surface area contributed by atoms with Crippen molar-refractivity contribution in [2.45, 2.75) is 19.6 Å². The predicted molar refractivity (Wildman–Crippen MR) is 162 cm³/mol. The van der Waals surface area contributed by atoms with Crippen LogP contribution in [0, 0.1) is 22.7 Å². The zero-order valence-corrected chi connectivity index (χ0v) is 22.4. The van der Waals surface area contributed by atoms with Crippen molar-refractivity contribution in [3.8, 4) is 23.6 Å². The fourth-order valence-corrected chi connectivity index (χ4v) is 5.12. The summed E-state index contributed by atoms with van der Waals surface area (Å²) in [7, 11) is 0. The van der Waals surface area contributed by atoms with Gasteiger partial charge in [0.05, 0.1) is 23.3 Å². The van der Waals surface area contributed by atoms with Gasteiger partial charge in [0.15, 0.2) is 0 Å². The highest BCUT2D eigenvalue weighted by atomic mass is 16.5. The molecule has 0 aromatic heterocycles. The highest BCUT2D eigenvalue weighted by molar-refractivity contribution is 5.91. The second-order valence-corrected chi connectivity index (χ2v) is 9.90. The lowest BCUT2D eigenvalue weighted by Crippen LogP contribution is -2.03. The normalized spacial score (nSPS) is 10.7. The Kier molecular flexibility index (Phi) is 7.30. The van der Waals surface area contributed by atoms with Crippen molar-refractivity contribution in [1.29, 1.82) is 10.5 Å². The molecule has 4 heteroatoms. The molecule has 0 unspecified atom stereocenters. The van der Waals surface area contributed by atoms with E-state index >= 15 is 0 Å². The van der Waals surface area contributed by atoms with E-state index in [9.17, 15) is 0 Å². The third-order valence-electron chi connectivity index (χ3n) is 7.30. The van der Waals surface area contributed by atoms with Gasteiger partial charge in [0.1, 0.15) is 24.7 Å². The number of hydrogen-bond acceptors (Lipinski definition) is 4. The summed E-state index contributed by atoms with van der Waals surface area (Å²) < 4.78 is 12.9. The van der Waals surface area contributed by atoms with Crippen LogP contribution in [0.25, 0.3) is 21.5 Å². The summed E-state index contributed by atoms with van der Waals surface area (Å²) >= 11 is 0. The van der Waals surface area contributed by atoms with Crippen LogP contribution in [0.2, 0.25) is 0 Å². The Balaban J connectivity index is 1.38. The van der Waals surface area contributed by atoms with Crippen molar-refractivity contribution in [3.05, 3.63) is 155 Å². The molecule has 0 amide bonds. The first-order valence-corrected chi connectivity index (χ1v) is 13.5. The minimum absolute atomic E-state index is 0.397. The topological polar surface area (TPSA) is 66.0 Å². The quantitative estimate of drug-likeness (QED) is 0.198. The van der Waals surface area contributed by atoms with Crippen LogP contribution < -0.4 is 9.47 Å². The highest BCUT2D eigenvalue weighted by Gasteiger charge is 2.16. The lowest BCUT2D eigenvalue weighted by Gasteiger charge is -2.18. The van der Waals surface area contributed by atoms with E-state index in [0.29, 0.717) is 30.8 Å². The molecule has 6 rings (SSSR count). The molecule has 6 aromatic rings. The van der Waals surface area contributed by atoms with Crippen molar-refractivity contribution in [2.75, 3.05) is 0 Å². The maximum absolute atomic E-state index is 9.13. The van der Waals surface area contributed by atoms with Gasteiger partial charge in [-0.3, -0.25) is 0 Å². The van der Waals surface area contributed by atoms with Gasteiger partial charge in [-0.05, 0) is 69.1 Å². The minimum atomic E-state index is 0.397. The SMILES string of the molecule is N#Cc1ccc(COc2ccc3ccccc3c2Cc2c(OCc3ccc(C#N)cc3)ccc3ccccc23)cc1. The predicted octanol–water partition coefficient (Wildman–Crippen LogP) is 8.49. The first-order chi connectivity index (χ1) is 20.2. The van der Waals surface area contributed by atoms with Gasteiger partial charge in [0.25, 0.3) is 0 Å². The second kappa shape index (κ2) is 11.7. The standard InChI is InChI=1S/C37H26N2O2/c38-22-26-9-13-28(14-10-26)24-40-36-19-17-30-5-1-3-7-32(30)34(36)21-35-33-8-4-2-6-31(33)18-20-37(35)41-25-29-15-11-27(23-39)12-16-29/h1-20H,21,24-25H2. The molecule has 0 spiro atoms. The molecule has 41 heavy (non-hydrogen) atoms. The largest absolute Gasteiger partial charge is 0.489 e. The number of fused-ring (bicyclic) bond motifs is 2. The maximum Gasteiger partial charge on any atom is 0.123 e. The van der Waals surface area contributed by atoms with E-state index in [1.807, 2.05) is 72.8 Å². The van der Waals surface area contributed by atoms with Crippen molar-refractivity contribution < 1.29 is 9.47 Å². The molecule has 0 heterocycles. The number of hydrogen-bond donors (Lipinski definition) is 0. The smallest absolute Gasteiger partial charge is 0.123 e. The fourth-order valence-electron chi connectivity index (χ4n) is 5.12. The van der Waals surface area contributed by atoms with Gasteiger partial charge in [-0.25, -0.2) is 0 Å². The molecular formula is C37H26N2O2. The summed E-state index contributed by atoms with van der Waals surface area (Å²) in [5.41, 5.74) is 5.45. The van der Waals surface area contributed by atoms with Gasteiger partial charge in [0.2, 0.25) is 0 Å². The molecule has 4 nitrogen and oxygen atoms in total. The molecular weight excluding hydrogens is 504 g/mol. The van der Waals surface area contributed by atoms with Crippen LogP contribution in [0.3, 0.4) is 0 Å². The van der Waals surface area contributed by atoms with Gasteiger partial charge in [-0.2, -0.15) is 10.5 Å². The molecule has 0 N–H and O–H groups in total. The van der Waals surface area contributed by atoms with Crippen LogP contribution in [0.1, 0.15) is 33.4 Å². The van der Waals surface area contributed by atoms with E-state index in [2.05, 4.69) is 60.7 Å². The first-order valence-electron chi connectivity index (χ1n) is 13.5. The third kappa shape index (κ3) is 5.59. The van der Waals surface area contributed by atoms with Crippen LogP contribution in [0.5, 0.6) is 11.5 Å². The number of ether oxygens (including phenoxy) is 2. The summed E-state index contributed by atoms with van der Waals surface area (Å²) in [6.45, 7) is 0.795. The summed E-state index contributed by atoms with van der Waals surface area (Å²) in [6.07, 6.45) is 0.619. The monoisotopic (exact) mass is 530 g/mol. The molecule has 196 valence electrons. The Morgan fingerprint density at radius 2 is 0.878 bits per heavy atom. The van der Waals surface area contributed by atoms with Gasteiger partial charge < -0.3 is 9.47 Å². The second-order valence-electron chi connectivity index (χ2n) is 9.90. The van der Waals surface area contributed by atoms with E-state index in [0.717, 1.165) is 55.3 Å². The average molecular weight is 531 g/mol. The van der Waals surface area contributed by atoms with E-state index < -0.39 is 0 Å². The van der Waals surface area contributed by atoms with Crippen molar-refractivity contribution in [2.24, 2.45) is 0 Å². The highest BCUT2D eigenvalue weighted by Crippen LogP contribution is 2.36. The molecule has 6 aromatic carbocycles. The van der Waals surface area contributed by atoms with Crippen LogP contribution in [0.4, 0.5) is 0 Å². The molecule has 0 saturated carbocycles. The number of nitriles is 2. The minimum Gasteiger partial charge on any atom is -0.489 e. The lowest BCUT2D eigenvalue weighted by atomic mass is 9.93. The van der Waals surface area contributed by atoms with E-state index in [-0.39, 0.29) is 0 Å². The molecule has 0 aliphatic heterocycles. The van der Waals surface area contributed by atoms with Crippen molar-refractivity contribution >= 4 is 21.5 Å². The van der Waals surface area contributed by atoms with Crippen molar-refractivity contribution in [1.82, 2.24) is 0 Å². The summed E-state index contributed by atoms with van der Waals surface area (Å²) in [5.74, 6) is 1.64. The molecule has 0 radical (unpaired) electrons. The Morgan fingerprint density at radius 3 is 1.29 bits per heavy atom. The zero-order chi connectivity index (χ0) is 28.0. The number of benzene rings is 6. The van der Waals surface area contributed by atoms with E-state index in [1.165, 1.54) is 0 Å². The van der Waals surface area contributed by atoms with Crippen molar-refractivity contribution in [3.63, 3.8) is 0 Å². The molecule has 0 aliphatic carbocycles. The average Bonchev–Trinajstić information content (AvgIpc) is 3.04. The van der Waals surface area contributed by atoms with Crippen LogP contribution in [0.15, 0.2) is 121 Å². The summed E-state index contributed by atoms with van der Waals surface area (Å²) in [4.78, 5) is 0. The Bertz CT molecular complexity index is 1790. The zero-order valence-electron chi connectivity index (χ0n) is 22.4. The fraction of sp³-hybridized carbons (Fsp3) is 0.0811. The van der Waals surface area contributed by atoms with Gasteiger partial charge in [-0.1, -0.05) is 84.9 Å². The van der Waals surface area contributed by atoms with Crippen LogP contribution in [-0.2, 0) is 19.6 Å². The number of rotatable bonds is 8. The van der Waals surface area contributed by atoms with Gasteiger partial charge >= 0.3 is 0 Å². The Morgan fingerprint density at radius 1 is 0.463 bits per heavy atom. The molecule has 0 saturated heterocycles. The third-order valence-corrected chi connectivity index (χ3v) is 7.30. The van der Waals surface area contributed by atoms with Gasteiger partial charge in [-0.15, -0.1) is 0 Å². The van der Waals surface area contributed by atoms with Crippen LogP contribution >= 0.6 is 0 Å². The summed E-state index contributed by atoms with van der Waals surface area (Å²) in [5, 5.41) is 22.8. The maximum atomic E-state index is 9.13. The molecule has 0 aliphatic rings. The van der Waals surface area contributed by atoms with Crippen LogP contribution in [-0.4, -0.2) is 0 Å². The lowest BCUT2D eigenvalue weighted by molar-refractivity contribution is 0.300. The Hall–Kier alpha value is -5.58. The first kappa shape index (κ1) is 25.7. The molecule has 0 atom stereocenters. The Labute approximate surface area is 239 Å². The van der Waals surface area contributed by atoms with E-state index in [4.69, 9.17) is 20.0 Å². The summed E-state index contributed by atoms with van der Waals surface area (Å²) in [6, 6.07) is 44.3. The molecule has 0 bridgehead atoms. The number of nitrogens with zero attached hydrogens (tertiary/aromatic N) is 2.